The van der Waals surface area contributed by atoms with Crippen LogP contribution in [-0.4, -0.2) is 24.9 Å². The van der Waals surface area contributed by atoms with Crippen molar-refractivity contribution >= 4 is 10.0 Å². The number of benzene rings is 1. The molecule has 0 saturated carbocycles. The molecule has 2 aromatic rings. The van der Waals surface area contributed by atoms with Crippen molar-refractivity contribution in [3.63, 3.8) is 0 Å². The van der Waals surface area contributed by atoms with Crippen molar-refractivity contribution < 1.29 is 12.9 Å². The van der Waals surface area contributed by atoms with Crippen LogP contribution < -0.4 is 0 Å². The van der Waals surface area contributed by atoms with E-state index in [0.29, 0.717) is 17.0 Å². The highest BCUT2D eigenvalue weighted by Gasteiger charge is 2.23. The zero-order valence-corrected chi connectivity index (χ0v) is 12.8. The second-order valence-corrected chi connectivity index (χ2v) is 6.74. The van der Waals surface area contributed by atoms with E-state index in [-0.39, 0.29) is 11.4 Å². The maximum atomic E-state index is 12.5. The topological polar surface area (TPSA) is 87.2 Å². The molecular weight excluding hydrogens is 290 g/mol. The predicted octanol–water partition coefficient (Wildman–Crippen LogP) is 1.98. The summed E-state index contributed by atoms with van der Waals surface area (Å²) in [6, 6.07) is 7.78. The van der Waals surface area contributed by atoms with Crippen molar-refractivity contribution in [3.8, 4) is 6.07 Å². The van der Waals surface area contributed by atoms with E-state index in [9.17, 15) is 8.42 Å². The molecule has 0 saturated heterocycles. The minimum Gasteiger partial charge on any atom is -0.361 e. The first-order chi connectivity index (χ1) is 9.86. The van der Waals surface area contributed by atoms with Crippen LogP contribution >= 0.6 is 0 Å². The summed E-state index contributed by atoms with van der Waals surface area (Å²) in [5.74, 6) is 0.606. The van der Waals surface area contributed by atoms with Gasteiger partial charge >= 0.3 is 0 Å². The van der Waals surface area contributed by atoms with Crippen molar-refractivity contribution in [1.82, 2.24) is 9.46 Å². The van der Waals surface area contributed by atoms with Gasteiger partial charge in [0.25, 0.3) is 0 Å². The van der Waals surface area contributed by atoms with Crippen LogP contribution in [0.25, 0.3) is 0 Å². The number of aromatic nitrogens is 1. The Balaban J connectivity index is 2.28. The van der Waals surface area contributed by atoms with Crippen LogP contribution in [0.15, 0.2) is 33.7 Å². The van der Waals surface area contributed by atoms with E-state index in [1.54, 1.807) is 13.8 Å². The molecule has 0 aliphatic heterocycles. The van der Waals surface area contributed by atoms with Crippen molar-refractivity contribution in [2.75, 3.05) is 7.05 Å². The molecule has 1 aromatic heterocycles. The maximum Gasteiger partial charge on any atom is 0.243 e. The van der Waals surface area contributed by atoms with Crippen LogP contribution in [0.5, 0.6) is 0 Å². The lowest BCUT2D eigenvalue weighted by Gasteiger charge is -2.17. The molecule has 7 heteroatoms. The summed E-state index contributed by atoms with van der Waals surface area (Å²) >= 11 is 0. The Labute approximate surface area is 123 Å². The number of aryl methyl sites for hydroxylation is 2. The maximum absolute atomic E-state index is 12.5. The molecule has 0 fully saturated rings. The Hall–Kier alpha value is -2.17. The quantitative estimate of drug-likeness (QED) is 0.862. The van der Waals surface area contributed by atoms with Crippen LogP contribution in [0.3, 0.4) is 0 Å². The Morgan fingerprint density at radius 1 is 1.29 bits per heavy atom. The average molecular weight is 305 g/mol. The first-order valence-corrected chi connectivity index (χ1v) is 7.68. The van der Waals surface area contributed by atoms with Crippen molar-refractivity contribution in [3.05, 3.63) is 46.8 Å². The Bertz CT molecular complexity index is 766. The van der Waals surface area contributed by atoms with Gasteiger partial charge < -0.3 is 4.52 Å². The molecule has 0 N–H and O–H groups in total. The highest BCUT2D eigenvalue weighted by atomic mass is 32.2. The van der Waals surface area contributed by atoms with Gasteiger partial charge in [0.05, 0.1) is 22.2 Å². The molecule has 1 heterocycles. The Kier molecular flexibility index (Phi) is 4.11. The van der Waals surface area contributed by atoms with Gasteiger partial charge in [-0.15, -0.1) is 0 Å². The number of nitriles is 1. The molecule has 0 radical (unpaired) electrons. The SMILES string of the molecule is Cc1noc(C)c1CN(C)S(=O)(=O)c1ccc(C#N)cc1. The van der Waals surface area contributed by atoms with Gasteiger partial charge in [0, 0.05) is 19.2 Å². The van der Waals surface area contributed by atoms with E-state index in [2.05, 4.69) is 5.16 Å². The van der Waals surface area contributed by atoms with Gasteiger partial charge in [0.15, 0.2) is 0 Å². The van der Waals surface area contributed by atoms with E-state index in [4.69, 9.17) is 9.78 Å². The van der Waals surface area contributed by atoms with Crippen LogP contribution in [0.4, 0.5) is 0 Å². The molecule has 0 amide bonds. The lowest BCUT2D eigenvalue weighted by Crippen LogP contribution is -2.26. The summed E-state index contributed by atoms with van der Waals surface area (Å²) < 4.78 is 31.2. The molecule has 1 aromatic carbocycles. The largest absolute Gasteiger partial charge is 0.361 e. The average Bonchev–Trinajstić information content (AvgIpc) is 2.79. The Morgan fingerprint density at radius 3 is 2.38 bits per heavy atom. The fraction of sp³-hybridized carbons (Fsp3) is 0.286. The zero-order chi connectivity index (χ0) is 15.6. The molecule has 2 rings (SSSR count). The third-order valence-corrected chi connectivity index (χ3v) is 5.07. The van der Waals surface area contributed by atoms with E-state index in [0.717, 1.165) is 5.56 Å². The molecule has 0 unspecified atom stereocenters. The second-order valence-electron chi connectivity index (χ2n) is 4.70. The molecule has 21 heavy (non-hydrogen) atoms. The minimum atomic E-state index is -3.62. The van der Waals surface area contributed by atoms with Gasteiger partial charge in [-0.25, -0.2) is 8.42 Å². The fourth-order valence-electron chi connectivity index (χ4n) is 1.92. The third-order valence-electron chi connectivity index (χ3n) is 3.25. The van der Waals surface area contributed by atoms with Gasteiger partial charge in [-0.1, -0.05) is 5.16 Å². The monoisotopic (exact) mass is 305 g/mol. The summed E-state index contributed by atoms with van der Waals surface area (Å²) in [7, 11) is -2.12. The minimum absolute atomic E-state index is 0.149. The number of nitrogens with zero attached hydrogens (tertiary/aromatic N) is 3. The molecule has 0 spiro atoms. The van der Waals surface area contributed by atoms with Crippen molar-refractivity contribution in [2.24, 2.45) is 0 Å². The highest BCUT2D eigenvalue weighted by molar-refractivity contribution is 7.89. The van der Waals surface area contributed by atoms with E-state index >= 15 is 0 Å². The zero-order valence-electron chi connectivity index (χ0n) is 12.0. The van der Waals surface area contributed by atoms with Crippen molar-refractivity contribution in [1.29, 1.82) is 5.26 Å². The van der Waals surface area contributed by atoms with E-state index < -0.39 is 10.0 Å². The number of rotatable bonds is 4. The summed E-state index contributed by atoms with van der Waals surface area (Å²) in [4.78, 5) is 0.149. The van der Waals surface area contributed by atoms with E-state index in [1.807, 2.05) is 6.07 Å². The third kappa shape index (κ3) is 2.96. The highest BCUT2D eigenvalue weighted by Crippen LogP contribution is 2.20. The summed E-state index contributed by atoms with van der Waals surface area (Å²) in [6.07, 6.45) is 0. The lowest BCUT2D eigenvalue weighted by atomic mass is 10.2. The number of sulfonamides is 1. The standard InChI is InChI=1S/C14H15N3O3S/c1-10-14(11(2)20-16-10)9-17(3)21(18,19)13-6-4-12(8-15)5-7-13/h4-7H,9H2,1-3H3. The molecule has 0 bridgehead atoms. The van der Waals surface area contributed by atoms with Crippen molar-refractivity contribution in [2.45, 2.75) is 25.3 Å². The molecule has 0 aliphatic rings. The Morgan fingerprint density at radius 2 is 1.90 bits per heavy atom. The van der Waals surface area contributed by atoms with Crippen LogP contribution in [0, 0.1) is 25.2 Å². The lowest BCUT2D eigenvalue weighted by molar-refractivity contribution is 0.390. The van der Waals surface area contributed by atoms with Crippen LogP contribution in [0.1, 0.15) is 22.6 Å². The van der Waals surface area contributed by atoms with Crippen LogP contribution in [-0.2, 0) is 16.6 Å². The van der Waals surface area contributed by atoms with Crippen LogP contribution in [0.2, 0.25) is 0 Å². The first kappa shape index (κ1) is 15.2. The second kappa shape index (κ2) is 5.68. The molecular formula is C14H15N3O3S. The van der Waals surface area contributed by atoms with E-state index in [1.165, 1.54) is 35.6 Å². The number of hydrogen-bond donors (Lipinski definition) is 0. The smallest absolute Gasteiger partial charge is 0.243 e. The van der Waals surface area contributed by atoms with Gasteiger partial charge in [-0.05, 0) is 38.1 Å². The normalized spacial score (nSPS) is 11.6. The summed E-state index contributed by atoms with van der Waals surface area (Å²) in [5, 5.41) is 12.6. The number of hydrogen-bond acceptors (Lipinski definition) is 5. The van der Waals surface area contributed by atoms with Gasteiger partial charge in [0.1, 0.15) is 5.76 Å². The van der Waals surface area contributed by atoms with Gasteiger partial charge in [0.2, 0.25) is 10.0 Å². The molecule has 110 valence electrons. The first-order valence-electron chi connectivity index (χ1n) is 6.24. The fourth-order valence-corrected chi connectivity index (χ4v) is 3.06. The molecule has 6 nitrogen and oxygen atoms in total. The van der Waals surface area contributed by atoms with Gasteiger partial charge in [-0.3, -0.25) is 0 Å². The molecule has 0 aliphatic carbocycles. The predicted molar refractivity (Wildman–Crippen MR) is 75.8 cm³/mol. The van der Waals surface area contributed by atoms with Gasteiger partial charge in [-0.2, -0.15) is 9.57 Å². The molecule has 0 atom stereocenters. The summed E-state index contributed by atoms with van der Waals surface area (Å²) in [6.45, 7) is 3.70. The summed E-state index contributed by atoms with van der Waals surface area (Å²) in [5.41, 5.74) is 1.85.